The average Bonchev–Trinajstić information content (AvgIpc) is 3.37. The molecule has 0 bridgehead atoms. The standard InChI is InChI=1S/C18H24N4O2S/c23-18-6-3-9-21(18)10-4-11-22-13-14(19-20-22)16-7-8-17(25-16)15-5-1-2-12-24-15/h7-8,13,15H,1-6,9-12H2/t15-/m0/s1. The molecule has 1 amide bonds. The maximum atomic E-state index is 11.6. The highest BCUT2D eigenvalue weighted by Gasteiger charge is 2.20. The number of amides is 1. The van der Waals surface area contributed by atoms with E-state index in [2.05, 4.69) is 22.4 Å². The molecule has 25 heavy (non-hydrogen) atoms. The second-order valence-corrected chi connectivity index (χ2v) is 7.88. The van der Waals surface area contributed by atoms with Crippen LogP contribution in [0.25, 0.3) is 10.6 Å². The van der Waals surface area contributed by atoms with E-state index in [4.69, 9.17) is 4.74 Å². The molecule has 2 aromatic heterocycles. The Kier molecular flexibility index (Phi) is 5.12. The summed E-state index contributed by atoms with van der Waals surface area (Å²) >= 11 is 1.76. The van der Waals surface area contributed by atoms with Gasteiger partial charge in [-0.3, -0.25) is 9.48 Å². The predicted molar refractivity (Wildman–Crippen MR) is 96.3 cm³/mol. The molecular weight excluding hydrogens is 336 g/mol. The molecule has 2 aliphatic heterocycles. The van der Waals surface area contributed by atoms with E-state index in [0.717, 1.165) is 56.1 Å². The Labute approximate surface area is 151 Å². The maximum Gasteiger partial charge on any atom is 0.222 e. The Balaban J connectivity index is 1.33. The summed E-state index contributed by atoms with van der Waals surface area (Å²) in [5.41, 5.74) is 0.921. The highest BCUT2D eigenvalue weighted by molar-refractivity contribution is 7.15. The van der Waals surface area contributed by atoms with E-state index < -0.39 is 0 Å². The van der Waals surface area contributed by atoms with Crippen LogP contribution in [0.15, 0.2) is 18.3 Å². The van der Waals surface area contributed by atoms with Gasteiger partial charge in [0.15, 0.2) is 0 Å². The number of carbonyl (C=O) groups is 1. The van der Waals surface area contributed by atoms with Crippen LogP contribution in [0.5, 0.6) is 0 Å². The number of aromatic nitrogens is 3. The number of thiophene rings is 1. The molecule has 2 aromatic rings. The first-order valence-corrected chi connectivity index (χ1v) is 10.0. The molecule has 0 unspecified atom stereocenters. The average molecular weight is 360 g/mol. The number of likely N-dealkylation sites (tertiary alicyclic amines) is 1. The zero-order chi connectivity index (χ0) is 17.1. The molecule has 0 aromatic carbocycles. The Hall–Kier alpha value is -1.73. The lowest BCUT2D eigenvalue weighted by atomic mass is 10.1. The second kappa shape index (κ2) is 7.66. The Morgan fingerprint density at radius 1 is 1.24 bits per heavy atom. The van der Waals surface area contributed by atoms with E-state index >= 15 is 0 Å². The summed E-state index contributed by atoms with van der Waals surface area (Å²) < 4.78 is 7.75. The summed E-state index contributed by atoms with van der Waals surface area (Å²) in [5.74, 6) is 0.287. The lowest BCUT2D eigenvalue weighted by Crippen LogP contribution is -2.26. The number of hydrogen-bond acceptors (Lipinski definition) is 5. The molecule has 134 valence electrons. The zero-order valence-corrected chi connectivity index (χ0v) is 15.2. The fourth-order valence-corrected chi connectivity index (χ4v) is 4.55. The van der Waals surface area contributed by atoms with Crippen LogP contribution >= 0.6 is 11.3 Å². The quantitative estimate of drug-likeness (QED) is 0.793. The van der Waals surface area contributed by atoms with E-state index in [1.165, 1.54) is 17.7 Å². The third kappa shape index (κ3) is 3.93. The third-order valence-corrected chi connectivity index (χ3v) is 6.10. The molecule has 4 heterocycles. The van der Waals surface area contributed by atoms with Crippen LogP contribution in [0.4, 0.5) is 0 Å². The molecule has 2 aliphatic rings. The highest BCUT2D eigenvalue weighted by Crippen LogP contribution is 2.35. The monoisotopic (exact) mass is 360 g/mol. The fraction of sp³-hybridized carbons (Fsp3) is 0.611. The molecule has 0 radical (unpaired) electrons. The summed E-state index contributed by atoms with van der Waals surface area (Å²) in [4.78, 5) is 16.0. The minimum absolute atomic E-state index is 0.251. The first-order valence-electron chi connectivity index (χ1n) is 9.19. The highest BCUT2D eigenvalue weighted by atomic mass is 32.1. The van der Waals surface area contributed by atoms with Gasteiger partial charge in [-0.2, -0.15) is 0 Å². The Morgan fingerprint density at radius 2 is 2.20 bits per heavy atom. The molecule has 0 saturated carbocycles. The van der Waals surface area contributed by atoms with Crippen LogP contribution in [0.2, 0.25) is 0 Å². The molecule has 1 atom stereocenters. The maximum absolute atomic E-state index is 11.6. The van der Waals surface area contributed by atoms with Crippen molar-refractivity contribution >= 4 is 17.2 Å². The number of carbonyl (C=O) groups excluding carboxylic acids is 1. The number of hydrogen-bond donors (Lipinski definition) is 0. The zero-order valence-electron chi connectivity index (χ0n) is 14.4. The summed E-state index contributed by atoms with van der Waals surface area (Å²) in [5, 5.41) is 8.55. The van der Waals surface area contributed by atoms with Crippen LogP contribution in [-0.2, 0) is 16.1 Å². The summed E-state index contributed by atoms with van der Waals surface area (Å²) in [6.07, 6.45) is 8.40. The van der Waals surface area contributed by atoms with Gasteiger partial charge >= 0.3 is 0 Å². The van der Waals surface area contributed by atoms with Gasteiger partial charge in [0.1, 0.15) is 5.69 Å². The number of ether oxygens (including phenoxy) is 1. The van der Waals surface area contributed by atoms with Gasteiger partial charge in [0, 0.05) is 37.5 Å². The van der Waals surface area contributed by atoms with Crippen molar-refractivity contribution in [2.45, 2.75) is 51.2 Å². The first kappa shape index (κ1) is 16.7. The molecule has 4 rings (SSSR count). The molecule has 0 aliphatic carbocycles. The van der Waals surface area contributed by atoms with Crippen molar-refractivity contribution in [3.05, 3.63) is 23.2 Å². The molecule has 2 fully saturated rings. The van der Waals surface area contributed by atoms with Crippen molar-refractivity contribution < 1.29 is 9.53 Å². The summed E-state index contributed by atoms with van der Waals surface area (Å²) in [6.45, 7) is 3.38. The summed E-state index contributed by atoms with van der Waals surface area (Å²) in [6, 6.07) is 4.28. The Bertz CT molecular complexity index is 720. The smallest absolute Gasteiger partial charge is 0.222 e. The van der Waals surface area contributed by atoms with E-state index in [9.17, 15) is 4.79 Å². The fourth-order valence-electron chi connectivity index (χ4n) is 3.51. The lowest BCUT2D eigenvalue weighted by molar-refractivity contribution is -0.127. The van der Waals surface area contributed by atoms with Crippen molar-refractivity contribution in [1.82, 2.24) is 19.9 Å². The van der Waals surface area contributed by atoms with E-state index in [-0.39, 0.29) is 12.0 Å². The number of aryl methyl sites for hydroxylation is 1. The molecule has 0 spiro atoms. The van der Waals surface area contributed by atoms with Gasteiger partial charge in [-0.05, 0) is 44.2 Å². The van der Waals surface area contributed by atoms with Gasteiger partial charge in [0.2, 0.25) is 5.91 Å². The van der Waals surface area contributed by atoms with Crippen LogP contribution in [0.3, 0.4) is 0 Å². The van der Waals surface area contributed by atoms with E-state index in [1.54, 1.807) is 11.3 Å². The van der Waals surface area contributed by atoms with Crippen molar-refractivity contribution in [1.29, 1.82) is 0 Å². The van der Waals surface area contributed by atoms with E-state index in [0.29, 0.717) is 6.42 Å². The molecule has 2 saturated heterocycles. The van der Waals surface area contributed by atoms with Crippen LogP contribution < -0.4 is 0 Å². The molecule has 7 heteroatoms. The first-order chi connectivity index (χ1) is 12.3. The van der Waals surface area contributed by atoms with Gasteiger partial charge in [-0.15, -0.1) is 16.4 Å². The topological polar surface area (TPSA) is 60.2 Å². The van der Waals surface area contributed by atoms with Gasteiger partial charge in [0.25, 0.3) is 0 Å². The minimum atomic E-state index is 0.251. The Morgan fingerprint density at radius 3 is 3.00 bits per heavy atom. The van der Waals surface area contributed by atoms with Crippen LogP contribution in [-0.4, -0.2) is 45.5 Å². The molecular formula is C18H24N4O2S. The van der Waals surface area contributed by atoms with Gasteiger partial charge in [-0.1, -0.05) is 5.21 Å². The van der Waals surface area contributed by atoms with Crippen molar-refractivity contribution in [3.63, 3.8) is 0 Å². The van der Waals surface area contributed by atoms with Crippen molar-refractivity contribution in [2.24, 2.45) is 0 Å². The van der Waals surface area contributed by atoms with Crippen LogP contribution in [0.1, 0.15) is 49.5 Å². The molecule has 6 nitrogen and oxygen atoms in total. The predicted octanol–water partition coefficient (Wildman–Crippen LogP) is 3.26. The number of rotatable bonds is 6. The van der Waals surface area contributed by atoms with Crippen molar-refractivity contribution in [3.8, 4) is 10.6 Å². The second-order valence-electron chi connectivity index (χ2n) is 6.76. The SMILES string of the molecule is O=C1CCCN1CCCn1cc(-c2ccc([C@@H]3CCCCO3)s2)nn1. The third-order valence-electron chi connectivity index (χ3n) is 4.90. The molecule has 0 N–H and O–H groups in total. The number of nitrogens with zero attached hydrogens (tertiary/aromatic N) is 4. The van der Waals surface area contributed by atoms with Gasteiger partial charge in [-0.25, -0.2) is 0 Å². The summed E-state index contributed by atoms with van der Waals surface area (Å²) in [7, 11) is 0. The van der Waals surface area contributed by atoms with E-state index in [1.807, 2.05) is 15.8 Å². The normalized spacial score (nSPS) is 21.2. The van der Waals surface area contributed by atoms with Gasteiger partial charge < -0.3 is 9.64 Å². The van der Waals surface area contributed by atoms with Gasteiger partial charge in [0.05, 0.1) is 17.2 Å². The minimum Gasteiger partial charge on any atom is -0.373 e. The van der Waals surface area contributed by atoms with Crippen molar-refractivity contribution in [2.75, 3.05) is 19.7 Å². The lowest BCUT2D eigenvalue weighted by Gasteiger charge is -2.21. The van der Waals surface area contributed by atoms with Crippen LogP contribution in [0, 0.1) is 0 Å². The largest absolute Gasteiger partial charge is 0.373 e.